The Hall–Kier alpha value is -1.09. The summed E-state index contributed by atoms with van der Waals surface area (Å²) in [5.74, 6) is 0. The maximum atomic E-state index is 10.3. The number of carbonyl (C=O) groups excluding carboxylic acids is 1. The number of amides is 1. The molecule has 0 bridgehead atoms. The third-order valence-corrected chi connectivity index (χ3v) is 2.20. The summed E-state index contributed by atoms with van der Waals surface area (Å²) in [5, 5.41) is 2.57. The monoisotopic (exact) mass is 219 g/mol. The average Bonchev–Trinajstić information content (AvgIpc) is 2.31. The van der Waals surface area contributed by atoms with E-state index in [-0.39, 0.29) is 29.6 Å². The zero-order valence-electron chi connectivity index (χ0n) is 9.10. The fraction of sp³-hybridized carbons (Fsp3) is 0. The van der Waals surface area contributed by atoms with Crippen molar-refractivity contribution in [2.24, 2.45) is 0 Å². The molecular formula is C13H10NNaO. The summed E-state index contributed by atoms with van der Waals surface area (Å²) in [6.45, 7) is 0. The van der Waals surface area contributed by atoms with E-state index >= 15 is 0 Å². The molecule has 1 amide bonds. The predicted octanol–water partition coefficient (Wildman–Crippen LogP) is -0.163. The zero-order valence-corrected chi connectivity index (χ0v) is 11.1. The Bertz CT molecular complexity index is 456. The van der Waals surface area contributed by atoms with Crippen molar-refractivity contribution >= 4 is 12.1 Å². The van der Waals surface area contributed by atoms with Crippen molar-refractivity contribution in [2.75, 3.05) is 5.32 Å². The molecule has 0 aliphatic rings. The molecule has 1 N–H and O–H groups in total. The molecule has 2 aromatic carbocycles. The second-order valence-electron chi connectivity index (χ2n) is 3.14. The topological polar surface area (TPSA) is 29.1 Å². The van der Waals surface area contributed by atoms with Gasteiger partial charge in [0, 0.05) is 0 Å². The number of benzene rings is 2. The van der Waals surface area contributed by atoms with Crippen LogP contribution >= 0.6 is 0 Å². The van der Waals surface area contributed by atoms with Crippen LogP contribution in [0.1, 0.15) is 0 Å². The van der Waals surface area contributed by atoms with Gasteiger partial charge in [0.25, 0.3) is 0 Å². The molecule has 0 aliphatic carbocycles. The van der Waals surface area contributed by atoms with Crippen molar-refractivity contribution < 1.29 is 34.4 Å². The number of hydrogen-bond acceptors (Lipinski definition) is 1. The van der Waals surface area contributed by atoms with Gasteiger partial charge in [-0.1, -0.05) is 54.1 Å². The molecule has 0 fully saturated rings. The maximum absolute atomic E-state index is 10.3. The summed E-state index contributed by atoms with van der Waals surface area (Å²) >= 11 is 0. The van der Waals surface area contributed by atoms with Gasteiger partial charge in [-0.2, -0.15) is 0 Å². The van der Waals surface area contributed by atoms with Gasteiger partial charge in [0.1, 0.15) is 0 Å². The largest absolute Gasteiger partial charge is 1.00 e. The first-order valence-corrected chi connectivity index (χ1v) is 4.69. The average molecular weight is 219 g/mol. The molecular weight excluding hydrogens is 209 g/mol. The molecule has 0 heterocycles. The number of nitrogens with one attached hydrogen (secondary N) is 1. The molecule has 3 heteroatoms. The van der Waals surface area contributed by atoms with Crippen LogP contribution in [0.4, 0.5) is 5.69 Å². The fourth-order valence-electron chi connectivity index (χ4n) is 1.52. The first-order chi connectivity index (χ1) is 7.42. The third-order valence-electron chi connectivity index (χ3n) is 2.20. The van der Waals surface area contributed by atoms with Crippen LogP contribution in [0, 0.1) is 0 Å². The van der Waals surface area contributed by atoms with E-state index in [1.165, 1.54) is 0 Å². The summed E-state index contributed by atoms with van der Waals surface area (Å²) < 4.78 is 0. The van der Waals surface area contributed by atoms with Crippen molar-refractivity contribution in [2.45, 2.75) is 0 Å². The van der Waals surface area contributed by atoms with Crippen LogP contribution in [0.25, 0.3) is 11.1 Å². The Morgan fingerprint density at radius 1 is 0.875 bits per heavy atom. The van der Waals surface area contributed by atoms with Gasteiger partial charge in [-0.15, -0.1) is 11.8 Å². The molecule has 0 saturated heterocycles. The minimum atomic E-state index is 0. The van der Waals surface area contributed by atoms with E-state index in [0.717, 1.165) is 16.8 Å². The van der Waals surface area contributed by atoms with Gasteiger partial charge in [0.2, 0.25) is 0 Å². The normalized spacial score (nSPS) is 9.00. The van der Waals surface area contributed by atoms with E-state index in [1.807, 2.05) is 54.6 Å². The number of para-hydroxylation sites is 1. The van der Waals surface area contributed by atoms with Crippen LogP contribution in [0.5, 0.6) is 0 Å². The molecule has 0 unspecified atom stereocenters. The van der Waals surface area contributed by atoms with Crippen LogP contribution in [-0.4, -0.2) is 6.41 Å². The van der Waals surface area contributed by atoms with Crippen molar-refractivity contribution in [3.63, 3.8) is 0 Å². The summed E-state index contributed by atoms with van der Waals surface area (Å²) in [6.07, 6.45) is 1.69. The van der Waals surface area contributed by atoms with Gasteiger partial charge in [-0.3, -0.25) is 0 Å². The molecule has 16 heavy (non-hydrogen) atoms. The first kappa shape index (κ1) is 13.0. The van der Waals surface area contributed by atoms with E-state index in [0.29, 0.717) is 0 Å². The number of hydrogen-bond donors (Lipinski definition) is 1. The smallest absolute Gasteiger partial charge is 0.490 e. The van der Waals surface area contributed by atoms with Crippen LogP contribution < -0.4 is 34.9 Å². The van der Waals surface area contributed by atoms with Crippen LogP contribution in [0.3, 0.4) is 0 Å². The maximum Gasteiger partial charge on any atom is 1.00 e. The summed E-state index contributed by atoms with van der Waals surface area (Å²) in [4.78, 5) is 10.3. The third kappa shape index (κ3) is 2.95. The van der Waals surface area contributed by atoms with Gasteiger partial charge < -0.3 is 10.1 Å². The van der Waals surface area contributed by atoms with E-state index < -0.39 is 0 Å². The van der Waals surface area contributed by atoms with Crippen molar-refractivity contribution in [1.29, 1.82) is 0 Å². The SMILES string of the molecule is O=[C-]Nc1ccccc1-c1ccccc1.[Na+]. The minimum absolute atomic E-state index is 0. The van der Waals surface area contributed by atoms with Crippen molar-refractivity contribution in [3.05, 3.63) is 54.6 Å². The fourth-order valence-corrected chi connectivity index (χ4v) is 1.52. The van der Waals surface area contributed by atoms with Gasteiger partial charge >= 0.3 is 29.6 Å². The van der Waals surface area contributed by atoms with Gasteiger partial charge in [0.05, 0.1) is 6.41 Å². The van der Waals surface area contributed by atoms with E-state index in [2.05, 4.69) is 5.32 Å². The Morgan fingerprint density at radius 2 is 1.50 bits per heavy atom. The van der Waals surface area contributed by atoms with Crippen molar-refractivity contribution in [3.8, 4) is 11.1 Å². The molecule has 0 saturated carbocycles. The number of anilines is 1. The van der Waals surface area contributed by atoms with Crippen LogP contribution in [0.15, 0.2) is 54.6 Å². The molecule has 2 nitrogen and oxygen atoms in total. The van der Waals surface area contributed by atoms with Gasteiger partial charge in [-0.05, 0) is 5.56 Å². The van der Waals surface area contributed by atoms with E-state index in [9.17, 15) is 4.79 Å². The van der Waals surface area contributed by atoms with Gasteiger partial charge in [0.15, 0.2) is 0 Å². The predicted molar refractivity (Wildman–Crippen MR) is 61.2 cm³/mol. The van der Waals surface area contributed by atoms with E-state index in [1.54, 1.807) is 6.41 Å². The zero-order chi connectivity index (χ0) is 10.5. The molecule has 0 spiro atoms. The second-order valence-corrected chi connectivity index (χ2v) is 3.14. The summed E-state index contributed by atoms with van der Waals surface area (Å²) in [6, 6.07) is 17.6. The molecule has 0 atom stereocenters. The standard InChI is InChI=1S/C13H10NO.Na/c15-10-14-13-9-5-4-8-12(13)11-6-2-1-3-7-11;/h1-9H,(H,14,15);/q-1;+1. The minimum Gasteiger partial charge on any atom is -0.490 e. The second kappa shape index (κ2) is 6.48. The quantitative estimate of drug-likeness (QED) is 0.434. The summed E-state index contributed by atoms with van der Waals surface area (Å²) in [7, 11) is 0. The Labute approximate surface area is 117 Å². The van der Waals surface area contributed by atoms with Crippen LogP contribution in [-0.2, 0) is 4.79 Å². The summed E-state index contributed by atoms with van der Waals surface area (Å²) in [5.41, 5.74) is 2.86. The number of rotatable bonds is 3. The van der Waals surface area contributed by atoms with Gasteiger partial charge in [-0.25, -0.2) is 0 Å². The molecule has 2 rings (SSSR count). The Kier molecular flexibility index (Phi) is 5.26. The van der Waals surface area contributed by atoms with Crippen LogP contribution in [0.2, 0.25) is 0 Å². The molecule has 0 aromatic heterocycles. The first-order valence-electron chi connectivity index (χ1n) is 4.69. The molecule has 0 aliphatic heterocycles. The molecule has 2 aromatic rings. The van der Waals surface area contributed by atoms with Crippen molar-refractivity contribution in [1.82, 2.24) is 0 Å². The Balaban J connectivity index is 0.00000128. The van der Waals surface area contributed by atoms with E-state index in [4.69, 9.17) is 0 Å². The molecule has 0 radical (unpaired) electrons. The molecule has 74 valence electrons. The Morgan fingerprint density at radius 3 is 2.19 bits per heavy atom.